The number of nitrogens with two attached hydrogens (primary N) is 1. The molecule has 11 heavy (non-hydrogen) atoms. The minimum atomic E-state index is 0.476. The summed E-state index contributed by atoms with van der Waals surface area (Å²) in [6.45, 7) is 10.0. The maximum absolute atomic E-state index is 5.58. The van der Waals surface area contributed by atoms with Crippen molar-refractivity contribution in [1.82, 2.24) is 0 Å². The van der Waals surface area contributed by atoms with E-state index in [-0.39, 0.29) is 0 Å². The predicted molar refractivity (Wildman–Crippen MR) is 51.5 cm³/mol. The minimum absolute atomic E-state index is 0.476. The molecule has 0 aromatic rings. The fourth-order valence-electron chi connectivity index (χ4n) is 1.60. The summed E-state index contributed by atoms with van der Waals surface area (Å²) < 4.78 is 0. The molecule has 1 atom stereocenters. The van der Waals surface area contributed by atoms with Gasteiger partial charge in [-0.2, -0.15) is 0 Å². The standard InChI is InChI=1S/C10H23N/c1-5-6-10(4,7-8-11)9(2)3/h9H,5-8,11H2,1-4H3. The van der Waals surface area contributed by atoms with Crippen LogP contribution >= 0.6 is 0 Å². The van der Waals surface area contributed by atoms with Crippen molar-refractivity contribution in [2.24, 2.45) is 17.1 Å². The highest BCUT2D eigenvalue weighted by Crippen LogP contribution is 2.35. The number of hydrogen-bond acceptors (Lipinski definition) is 1. The monoisotopic (exact) mass is 157 g/mol. The number of rotatable bonds is 5. The number of hydrogen-bond donors (Lipinski definition) is 1. The van der Waals surface area contributed by atoms with Crippen molar-refractivity contribution in [2.45, 2.75) is 47.0 Å². The van der Waals surface area contributed by atoms with Crippen LogP contribution < -0.4 is 5.73 Å². The molecule has 0 aromatic heterocycles. The lowest BCUT2D eigenvalue weighted by atomic mass is 9.73. The van der Waals surface area contributed by atoms with E-state index in [4.69, 9.17) is 5.73 Å². The van der Waals surface area contributed by atoms with Gasteiger partial charge in [0.2, 0.25) is 0 Å². The third kappa shape index (κ3) is 3.24. The summed E-state index contributed by atoms with van der Waals surface area (Å²) in [6.07, 6.45) is 3.75. The average molecular weight is 157 g/mol. The molecule has 0 saturated carbocycles. The Morgan fingerprint density at radius 1 is 1.27 bits per heavy atom. The highest BCUT2D eigenvalue weighted by atomic mass is 14.5. The largest absolute Gasteiger partial charge is 0.330 e. The van der Waals surface area contributed by atoms with Gasteiger partial charge in [-0.15, -0.1) is 0 Å². The second-order valence-corrected chi connectivity index (χ2v) is 4.10. The lowest BCUT2D eigenvalue weighted by Crippen LogP contribution is -2.26. The maximum Gasteiger partial charge on any atom is -0.00720 e. The molecule has 1 heteroatoms. The van der Waals surface area contributed by atoms with E-state index in [1.165, 1.54) is 19.3 Å². The van der Waals surface area contributed by atoms with Gasteiger partial charge in [-0.05, 0) is 30.7 Å². The van der Waals surface area contributed by atoms with Crippen LogP contribution in [0.25, 0.3) is 0 Å². The van der Waals surface area contributed by atoms with Crippen molar-refractivity contribution in [3.8, 4) is 0 Å². The molecule has 0 amide bonds. The molecule has 0 spiro atoms. The molecule has 0 bridgehead atoms. The molecule has 0 heterocycles. The molecular weight excluding hydrogens is 134 g/mol. The summed E-state index contributed by atoms with van der Waals surface area (Å²) in [7, 11) is 0. The van der Waals surface area contributed by atoms with Crippen molar-refractivity contribution < 1.29 is 0 Å². The highest BCUT2D eigenvalue weighted by molar-refractivity contribution is 4.77. The molecule has 0 radical (unpaired) electrons. The van der Waals surface area contributed by atoms with Crippen LogP contribution in [-0.2, 0) is 0 Å². The molecule has 0 aliphatic carbocycles. The van der Waals surface area contributed by atoms with Crippen LogP contribution in [0.4, 0.5) is 0 Å². The fraction of sp³-hybridized carbons (Fsp3) is 1.00. The van der Waals surface area contributed by atoms with Crippen molar-refractivity contribution in [3.05, 3.63) is 0 Å². The summed E-state index contributed by atoms with van der Waals surface area (Å²) in [5.41, 5.74) is 6.06. The zero-order valence-corrected chi connectivity index (χ0v) is 8.48. The minimum Gasteiger partial charge on any atom is -0.330 e. The normalized spacial score (nSPS) is 16.9. The van der Waals surface area contributed by atoms with Crippen molar-refractivity contribution >= 4 is 0 Å². The third-order valence-electron chi connectivity index (χ3n) is 2.93. The van der Waals surface area contributed by atoms with Gasteiger partial charge in [0.1, 0.15) is 0 Å². The van der Waals surface area contributed by atoms with Gasteiger partial charge >= 0.3 is 0 Å². The van der Waals surface area contributed by atoms with Gasteiger partial charge in [-0.25, -0.2) is 0 Å². The molecular formula is C10H23N. The Kier molecular flexibility index (Phi) is 4.74. The fourth-order valence-corrected chi connectivity index (χ4v) is 1.60. The first-order valence-corrected chi connectivity index (χ1v) is 4.77. The highest BCUT2D eigenvalue weighted by Gasteiger charge is 2.25. The molecule has 0 saturated heterocycles. The zero-order chi connectivity index (χ0) is 8.91. The Bertz CT molecular complexity index is 91.0. The van der Waals surface area contributed by atoms with Gasteiger partial charge < -0.3 is 5.73 Å². The molecule has 0 aromatic carbocycles. The van der Waals surface area contributed by atoms with Crippen LogP contribution in [0.2, 0.25) is 0 Å². The van der Waals surface area contributed by atoms with Crippen LogP contribution in [0.1, 0.15) is 47.0 Å². The molecule has 68 valence electrons. The summed E-state index contributed by atoms with van der Waals surface area (Å²) in [6, 6.07) is 0. The van der Waals surface area contributed by atoms with Crippen LogP contribution in [0.5, 0.6) is 0 Å². The van der Waals surface area contributed by atoms with Gasteiger partial charge in [-0.3, -0.25) is 0 Å². The second-order valence-electron chi connectivity index (χ2n) is 4.10. The Morgan fingerprint density at radius 2 is 1.82 bits per heavy atom. The summed E-state index contributed by atoms with van der Waals surface area (Å²) in [5.74, 6) is 0.756. The molecule has 0 rings (SSSR count). The lowest BCUT2D eigenvalue weighted by Gasteiger charge is -2.33. The molecule has 2 N–H and O–H groups in total. The Hall–Kier alpha value is -0.0400. The van der Waals surface area contributed by atoms with E-state index in [0.29, 0.717) is 5.41 Å². The van der Waals surface area contributed by atoms with Crippen molar-refractivity contribution in [1.29, 1.82) is 0 Å². The van der Waals surface area contributed by atoms with E-state index < -0.39 is 0 Å². The zero-order valence-electron chi connectivity index (χ0n) is 8.48. The maximum atomic E-state index is 5.58. The first-order valence-electron chi connectivity index (χ1n) is 4.77. The van der Waals surface area contributed by atoms with Gasteiger partial charge in [0.05, 0.1) is 0 Å². The second kappa shape index (κ2) is 4.76. The molecule has 1 unspecified atom stereocenters. The summed E-state index contributed by atoms with van der Waals surface area (Å²) in [5, 5.41) is 0. The van der Waals surface area contributed by atoms with Gasteiger partial charge in [0.15, 0.2) is 0 Å². The van der Waals surface area contributed by atoms with Crippen LogP contribution in [0.15, 0.2) is 0 Å². The summed E-state index contributed by atoms with van der Waals surface area (Å²) >= 11 is 0. The van der Waals surface area contributed by atoms with E-state index in [0.717, 1.165) is 12.5 Å². The van der Waals surface area contributed by atoms with E-state index in [1.54, 1.807) is 0 Å². The van der Waals surface area contributed by atoms with Crippen LogP contribution in [-0.4, -0.2) is 6.54 Å². The first-order chi connectivity index (χ1) is 5.06. The molecule has 0 fully saturated rings. The van der Waals surface area contributed by atoms with Gasteiger partial charge in [-0.1, -0.05) is 34.1 Å². The molecule has 0 aliphatic rings. The Morgan fingerprint density at radius 3 is 2.09 bits per heavy atom. The predicted octanol–water partition coefficient (Wildman–Crippen LogP) is 2.80. The van der Waals surface area contributed by atoms with Gasteiger partial charge in [0.25, 0.3) is 0 Å². The van der Waals surface area contributed by atoms with E-state index in [2.05, 4.69) is 27.7 Å². The van der Waals surface area contributed by atoms with Crippen molar-refractivity contribution in [2.75, 3.05) is 6.54 Å². The quantitative estimate of drug-likeness (QED) is 0.652. The van der Waals surface area contributed by atoms with Crippen molar-refractivity contribution in [3.63, 3.8) is 0 Å². The average Bonchev–Trinajstić information content (AvgIpc) is 1.88. The smallest absolute Gasteiger partial charge is 0.00720 e. The van der Waals surface area contributed by atoms with Crippen LogP contribution in [0.3, 0.4) is 0 Å². The van der Waals surface area contributed by atoms with E-state index in [9.17, 15) is 0 Å². The molecule has 0 aliphatic heterocycles. The van der Waals surface area contributed by atoms with Crippen LogP contribution in [0, 0.1) is 11.3 Å². The Balaban J connectivity index is 4.01. The first kappa shape index (κ1) is 11.0. The third-order valence-corrected chi connectivity index (χ3v) is 2.93. The van der Waals surface area contributed by atoms with Gasteiger partial charge in [0, 0.05) is 0 Å². The Labute approximate surface area is 71.4 Å². The SMILES string of the molecule is CCCC(C)(CCN)C(C)C. The van der Waals surface area contributed by atoms with E-state index in [1.807, 2.05) is 0 Å². The molecule has 1 nitrogen and oxygen atoms in total. The lowest BCUT2D eigenvalue weighted by molar-refractivity contribution is 0.183. The van der Waals surface area contributed by atoms with E-state index >= 15 is 0 Å². The topological polar surface area (TPSA) is 26.0 Å². The summed E-state index contributed by atoms with van der Waals surface area (Å²) in [4.78, 5) is 0.